The van der Waals surface area contributed by atoms with Crippen molar-refractivity contribution in [1.82, 2.24) is 4.98 Å². The molecule has 0 spiro atoms. The van der Waals surface area contributed by atoms with E-state index >= 15 is 0 Å². The Kier molecular flexibility index (Phi) is 4.89. The van der Waals surface area contributed by atoms with Gasteiger partial charge in [0.05, 0.1) is 17.1 Å². The molecule has 0 aromatic carbocycles. The molecule has 0 radical (unpaired) electrons. The van der Waals surface area contributed by atoms with Crippen molar-refractivity contribution in [3.8, 4) is 0 Å². The summed E-state index contributed by atoms with van der Waals surface area (Å²) in [4.78, 5) is 16.6. The Balaban J connectivity index is 1.96. The van der Waals surface area contributed by atoms with Crippen molar-refractivity contribution >= 4 is 17.1 Å². The minimum atomic E-state index is -0.229. The predicted octanol–water partition coefficient (Wildman–Crippen LogP) is 3.16. The molecule has 3 nitrogen and oxygen atoms in total. The van der Waals surface area contributed by atoms with Gasteiger partial charge in [-0.25, -0.2) is 4.98 Å². The number of hydrogen-bond acceptors (Lipinski definition) is 4. The molecule has 0 bridgehead atoms. The van der Waals surface area contributed by atoms with Gasteiger partial charge in [-0.3, -0.25) is 4.79 Å². The molecule has 1 aromatic rings. The second kappa shape index (κ2) is 6.43. The molecule has 1 unspecified atom stereocenters. The van der Waals surface area contributed by atoms with Gasteiger partial charge in [-0.1, -0.05) is 19.3 Å². The number of aryl methyl sites for hydroxylation is 1. The van der Waals surface area contributed by atoms with E-state index in [0.717, 1.165) is 23.5 Å². The highest BCUT2D eigenvalue weighted by Crippen LogP contribution is 2.28. The first-order chi connectivity index (χ1) is 8.70. The van der Waals surface area contributed by atoms with Crippen LogP contribution < -0.4 is 0 Å². The van der Waals surface area contributed by atoms with E-state index in [-0.39, 0.29) is 11.9 Å². The lowest BCUT2D eigenvalue weighted by Gasteiger charge is -2.28. The molecule has 1 atom stereocenters. The zero-order valence-corrected chi connectivity index (χ0v) is 12.0. The van der Waals surface area contributed by atoms with Crippen molar-refractivity contribution in [2.24, 2.45) is 5.92 Å². The molecule has 1 aromatic heterocycles. The molecule has 0 N–H and O–H groups in total. The van der Waals surface area contributed by atoms with E-state index in [9.17, 15) is 4.79 Å². The van der Waals surface area contributed by atoms with E-state index in [1.54, 1.807) is 18.4 Å². The summed E-state index contributed by atoms with van der Waals surface area (Å²) in [6, 6.07) is 0. The molecule has 0 aliphatic heterocycles. The molecule has 100 valence electrons. The van der Waals surface area contributed by atoms with Crippen LogP contribution in [0.1, 0.15) is 42.8 Å². The van der Waals surface area contributed by atoms with E-state index < -0.39 is 0 Å². The topological polar surface area (TPSA) is 39.2 Å². The molecule has 1 aliphatic rings. The molecule has 18 heavy (non-hydrogen) atoms. The summed E-state index contributed by atoms with van der Waals surface area (Å²) in [5, 5.41) is 2.99. The minimum absolute atomic E-state index is 0.190. The second-order valence-electron chi connectivity index (χ2n) is 5.06. The second-order valence-corrected chi connectivity index (χ2v) is 6.12. The van der Waals surface area contributed by atoms with Gasteiger partial charge in [0.1, 0.15) is 6.10 Å². The maximum atomic E-state index is 12.3. The lowest BCUT2D eigenvalue weighted by Crippen LogP contribution is -2.34. The minimum Gasteiger partial charge on any atom is -0.373 e. The third kappa shape index (κ3) is 3.39. The van der Waals surface area contributed by atoms with Gasteiger partial charge in [0.25, 0.3) is 0 Å². The van der Waals surface area contributed by atoms with E-state index in [1.807, 2.05) is 12.3 Å². The van der Waals surface area contributed by atoms with Crippen LogP contribution in [0.4, 0.5) is 0 Å². The number of nitrogens with zero attached hydrogens (tertiary/aromatic N) is 1. The summed E-state index contributed by atoms with van der Waals surface area (Å²) in [5.41, 5.74) is 0.889. The summed E-state index contributed by atoms with van der Waals surface area (Å²) in [6.45, 7) is 1.97. The van der Waals surface area contributed by atoms with E-state index in [2.05, 4.69) is 4.98 Å². The van der Waals surface area contributed by atoms with Crippen LogP contribution >= 0.6 is 11.3 Å². The van der Waals surface area contributed by atoms with Crippen molar-refractivity contribution in [2.75, 3.05) is 7.11 Å². The molecule has 0 saturated heterocycles. The maximum Gasteiger partial charge on any atom is 0.167 e. The Morgan fingerprint density at radius 3 is 2.78 bits per heavy atom. The largest absolute Gasteiger partial charge is 0.373 e. The number of ether oxygens (including phenoxy) is 1. The summed E-state index contributed by atoms with van der Waals surface area (Å²) in [6.07, 6.45) is 6.19. The fourth-order valence-corrected chi connectivity index (χ4v) is 3.40. The number of thiazole rings is 1. The lowest BCUT2D eigenvalue weighted by atomic mass is 9.83. The van der Waals surface area contributed by atoms with Crippen LogP contribution in [-0.2, 0) is 16.0 Å². The molecule has 1 heterocycles. The van der Waals surface area contributed by atoms with Gasteiger partial charge in [0.15, 0.2) is 5.78 Å². The third-order valence-corrected chi connectivity index (χ3v) is 4.49. The van der Waals surface area contributed by atoms with Crippen LogP contribution in [0.5, 0.6) is 0 Å². The third-order valence-electron chi connectivity index (χ3n) is 3.67. The quantitative estimate of drug-likeness (QED) is 0.822. The van der Waals surface area contributed by atoms with Crippen LogP contribution in [0.3, 0.4) is 0 Å². The highest BCUT2D eigenvalue weighted by Gasteiger charge is 2.29. The molecule has 1 fully saturated rings. The first-order valence-electron chi connectivity index (χ1n) is 6.67. The van der Waals surface area contributed by atoms with Crippen LogP contribution in [0, 0.1) is 12.8 Å². The van der Waals surface area contributed by atoms with Crippen molar-refractivity contribution in [2.45, 2.75) is 51.6 Å². The number of carbonyl (C=O) groups excluding carboxylic acids is 1. The van der Waals surface area contributed by atoms with Gasteiger partial charge in [-0.05, 0) is 25.7 Å². The first-order valence-corrected chi connectivity index (χ1v) is 7.55. The van der Waals surface area contributed by atoms with E-state index in [0.29, 0.717) is 12.3 Å². The van der Waals surface area contributed by atoms with Crippen molar-refractivity contribution in [3.63, 3.8) is 0 Å². The molecule has 0 amide bonds. The standard InChI is InChI=1S/C14H21NO2S/c1-10-15-12(9-18-10)8-13(16)14(17-2)11-6-4-3-5-7-11/h9,11,14H,3-8H2,1-2H3. The number of rotatable bonds is 5. The number of carbonyl (C=O) groups is 1. The monoisotopic (exact) mass is 267 g/mol. The zero-order valence-electron chi connectivity index (χ0n) is 11.1. The van der Waals surface area contributed by atoms with Crippen molar-refractivity contribution < 1.29 is 9.53 Å². The number of ketones is 1. The smallest absolute Gasteiger partial charge is 0.167 e. The van der Waals surface area contributed by atoms with Gasteiger partial charge in [0, 0.05) is 12.5 Å². The summed E-state index contributed by atoms with van der Waals surface area (Å²) >= 11 is 1.60. The molecule has 1 aliphatic carbocycles. The summed E-state index contributed by atoms with van der Waals surface area (Å²) < 4.78 is 5.46. The predicted molar refractivity (Wildman–Crippen MR) is 72.9 cm³/mol. The van der Waals surface area contributed by atoms with Gasteiger partial charge in [-0.2, -0.15) is 0 Å². The molecular formula is C14H21NO2S. The summed E-state index contributed by atoms with van der Waals surface area (Å²) in [5.74, 6) is 0.602. The first kappa shape index (κ1) is 13.7. The Morgan fingerprint density at radius 1 is 1.50 bits per heavy atom. The number of Topliss-reactive ketones (excluding diaryl/α,β-unsaturated/α-hetero) is 1. The average Bonchev–Trinajstić information content (AvgIpc) is 2.77. The fraction of sp³-hybridized carbons (Fsp3) is 0.714. The van der Waals surface area contributed by atoms with Crippen LogP contribution in [0.25, 0.3) is 0 Å². The summed E-state index contributed by atoms with van der Waals surface area (Å²) in [7, 11) is 1.66. The van der Waals surface area contributed by atoms with Gasteiger partial charge in [-0.15, -0.1) is 11.3 Å². The number of methoxy groups -OCH3 is 1. The van der Waals surface area contributed by atoms with Gasteiger partial charge < -0.3 is 4.74 Å². The maximum absolute atomic E-state index is 12.3. The number of aromatic nitrogens is 1. The Hall–Kier alpha value is -0.740. The Morgan fingerprint density at radius 2 is 2.22 bits per heavy atom. The molecule has 2 rings (SSSR count). The van der Waals surface area contributed by atoms with Gasteiger partial charge >= 0.3 is 0 Å². The fourth-order valence-electron chi connectivity index (χ4n) is 2.79. The van der Waals surface area contributed by atoms with Crippen molar-refractivity contribution in [1.29, 1.82) is 0 Å². The number of hydrogen-bond donors (Lipinski definition) is 0. The SMILES string of the molecule is COC(C(=O)Cc1csc(C)n1)C1CCCCC1. The molecular weight excluding hydrogens is 246 g/mol. The molecule has 4 heteroatoms. The molecule has 1 saturated carbocycles. The van der Waals surface area contributed by atoms with Crippen LogP contribution in [0.15, 0.2) is 5.38 Å². The van der Waals surface area contributed by atoms with E-state index in [4.69, 9.17) is 4.74 Å². The zero-order chi connectivity index (χ0) is 13.0. The average molecular weight is 267 g/mol. The van der Waals surface area contributed by atoms with Gasteiger partial charge in [0.2, 0.25) is 0 Å². The lowest BCUT2D eigenvalue weighted by molar-refractivity contribution is -0.132. The Labute approximate surface area is 113 Å². The highest BCUT2D eigenvalue weighted by atomic mass is 32.1. The normalized spacial score (nSPS) is 18.8. The van der Waals surface area contributed by atoms with E-state index in [1.165, 1.54) is 19.3 Å². The highest BCUT2D eigenvalue weighted by molar-refractivity contribution is 7.09. The Bertz CT molecular complexity index is 396. The van der Waals surface area contributed by atoms with Crippen molar-refractivity contribution in [3.05, 3.63) is 16.1 Å². The van der Waals surface area contributed by atoms with Crippen LogP contribution in [0.2, 0.25) is 0 Å². The van der Waals surface area contributed by atoms with Crippen LogP contribution in [-0.4, -0.2) is 24.0 Å².